The van der Waals surface area contributed by atoms with Crippen LogP contribution >= 0.6 is 12.6 Å². The van der Waals surface area contributed by atoms with E-state index in [1.807, 2.05) is 26.0 Å². The third-order valence-corrected chi connectivity index (χ3v) is 4.02. The van der Waals surface area contributed by atoms with E-state index in [1.165, 1.54) is 5.56 Å². The van der Waals surface area contributed by atoms with Crippen LogP contribution in [-0.4, -0.2) is 41.5 Å². The average Bonchev–Trinajstić information content (AvgIpc) is 2.80. The van der Waals surface area contributed by atoms with Gasteiger partial charge in [0.1, 0.15) is 12.0 Å². The predicted octanol–water partition coefficient (Wildman–Crippen LogP) is 3.32. The van der Waals surface area contributed by atoms with Crippen LogP contribution in [0.15, 0.2) is 18.2 Å². The van der Waals surface area contributed by atoms with Gasteiger partial charge in [0.15, 0.2) is 0 Å². The molecule has 2 rings (SSSR count). The molecular weight excluding hydrogens is 376 g/mol. The number of aldehydes is 1. The van der Waals surface area contributed by atoms with Gasteiger partial charge in [-0.05, 0) is 61.4 Å². The number of rotatable bonds is 7. The minimum atomic E-state index is -0.301. The van der Waals surface area contributed by atoms with Crippen LogP contribution in [0.25, 0.3) is 0 Å². The summed E-state index contributed by atoms with van der Waals surface area (Å²) in [4.78, 5) is 20.4. The maximum atomic E-state index is 10.2. The fourth-order valence-electron chi connectivity index (χ4n) is 2.70. The van der Waals surface area contributed by atoms with Crippen LogP contribution in [0, 0.1) is 5.41 Å². The molecule has 4 N–H and O–H groups in total. The molecule has 1 aliphatic carbocycles. The van der Waals surface area contributed by atoms with Crippen LogP contribution in [0.1, 0.15) is 63.5 Å². The number of hydrogen-bond donors (Lipinski definition) is 4. The summed E-state index contributed by atoms with van der Waals surface area (Å²) in [6.07, 6.45) is 6.71. The van der Waals surface area contributed by atoms with E-state index in [1.54, 1.807) is 0 Å². The molecule has 1 aliphatic rings. The first-order valence-corrected chi connectivity index (χ1v) is 9.90. The van der Waals surface area contributed by atoms with Crippen LogP contribution in [0.4, 0.5) is 0 Å². The minimum Gasteiger partial charge on any atom is -0.494 e. The second-order valence-electron chi connectivity index (χ2n) is 7.12. The highest BCUT2D eigenvalue weighted by molar-refractivity contribution is 7.81. The molecule has 0 aliphatic heterocycles. The van der Waals surface area contributed by atoms with Gasteiger partial charge in [0.2, 0.25) is 5.91 Å². The number of amides is 1. The summed E-state index contributed by atoms with van der Waals surface area (Å²) < 4.78 is 5.36. The summed E-state index contributed by atoms with van der Waals surface area (Å²) in [5.74, 6) is 0.555. The second kappa shape index (κ2) is 14.2. The number of carbonyl (C=O) groups excluding carboxylic acids is 2. The Balaban J connectivity index is 0.000000618. The van der Waals surface area contributed by atoms with E-state index in [4.69, 9.17) is 21.0 Å². The molecule has 6 nitrogen and oxygen atoms in total. The highest BCUT2D eigenvalue weighted by Crippen LogP contribution is 2.25. The highest BCUT2D eigenvalue weighted by atomic mass is 32.1. The Hall–Kier alpha value is -1.86. The molecule has 1 aromatic rings. The molecule has 1 amide bonds. The molecule has 0 radical (unpaired) electrons. The summed E-state index contributed by atoms with van der Waals surface area (Å²) in [5.41, 5.74) is 7.94. The predicted molar refractivity (Wildman–Crippen MR) is 117 cm³/mol. The van der Waals surface area contributed by atoms with Crippen molar-refractivity contribution < 1.29 is 19.4 Å². The van der Waals surface area contributed by atoms with Crippen molar-refractivity contribution in [3.8, 4) is 5.75 Å². The fraction of sp³-hybridized carbons (Fsp3) is 0.571. The van der Waals surface area contributed by atoms with Gasteiger partial charge in [0, 0.05) is 30.4 Å². The topological polar surface area (TPSA) is 113 Å². The van der Waals surface area contributed by atoms with E-state index >= 15 is 0 Å². The molecule has 158 valence electrons. The van der Waals surface area contributed by atoms with E-state index in [-0.39, 0.29) is 10.7 Å². The van der Waals surface area contributed by atoms with Crippen molar-refractivity contribution >= 4 is 30.5 Å². The van der Waals surface area contributed by atoms with Crippen molar-refractivity contribution in [3.63, 3.8) is 0 Å². The number of aryl methyl sites for hydroxylation is 1. The molecule has 0 fully saturated rings. The number of primary amides is 1. The first kappa shape index (κ1) is 26.1. The minimum absolute atomic E-state index is 0.258. The number of nitrogens with one attached hydrogen (secondary N) is 1. The molecule has 28 heavy (non-hydrogen) atoms. The van der Waals surface area contributed by atoms with Crippen LogP contribution in [0.2, 0.25) is 0 Å². The number of nitrogens with two attached hydrogens (primary N) is 1. The van der Waals surface area contributed by atoms with Crippen molar-refractivity contribution in [2.75, 3.05) is 13.7 Å². The number of aliphatic hydroxyl groups excluding tert-OH is 1. The third-order valence-electron chi connectivity index (χ3n) is 3.87. The van der Waals surface area contributed by atoms with Crippen molar-refractivity contribution in [2.45, 2.75) is 63.5 Å². The molecule has 0 spiro atoms. The van der Waals surface area contributed by atoms with Gasteiger partial charge in [-0.25, -0.2) is 0 Å². The van der Waals surface area contributed by atoms with E-state index in [2.05, 4.69) is 18.7 Å². The van der Waals surface area contributed by atoms with Crippen molar-refractivity contribution in [2.24, 2.45) is 5.73 Å². The summed E-state index contributed by atoms with van der Waals surface area (Å²) in [7, 11) is 1.00. The maximum Gasteiger partial charge on any atom is 0.218 e. The summed E-state index contributed by atoms with van der Waals surface area (Å²) in [6, 6.07) is 5.98. The molecular formula is C21H34N2O4S. The van der Waals surface area contributed by atoms with Crippen LogP contribution < -0.4 is 10.5 Å². The summed E-state index contributed by atoms with van der Waals surface area (Å²) >= 11 is 4.09. The normalized spacial score (nSPS) is 13.0. The van der Waals surface area contributed by atoms with Crippen molar-refractivity contribution in [1.29, 1.82) is 5.41 Å². The first-order valence-electron chi connectivity index (χ1n) is 9.45. The van der Waals surface area contributed by atoms with Gasteiger partial charge in [-0.2, -0.15) is 12.6 Å². The Morgan fingerprint density at radius 2 is 1.96 bits per heavy atom. The number of aliphatic hydroxyl groups is 1. The molecule has 0 bridgehead atoms. The molecule has 0 heterocycles. The lowest BCUT2D eigenvalue weighted by molar-refractivity contribution is -0.118. The Morgan fingerprint density at radius 1 is 1.32 bits per heavy atom. The zero-order valence-electron chi connectivity index (χ0n) is 17.2. The number of ether oxygens (including phenoxy) is 1. The average molecular weight is 411 g/mol. The summed E-state index contributed by atoms with van der Waals surface area (Å²) in [6.45, 7) is 4.27. The van der Waals surface area contributed by atoms with Crippen molar-refractivity contribution in [1.82, 2.24) is 0 Å². The third kappa shape index (κ3) is 11.8. The Labute approximate surface area is 173 Å². The number of carbonyl (C=O) groups is 2. The van der Waals surface area contributed by atoms with Crippen LogP contribution in [0.3, 0.4) is 0 Å². The first-order chi connectivity index (χ1) is 13.2. The Morgan fingerprint density at radius 3 is 2.50 bits per heavy atom. The second-order valence-corrected chi connectivity index (χ2v) is 8.33. The van der Waals surface area contributed by atoms with Gasteiger partial charge in [0.25, 0.3) is 0 Å². The number of fused-ring (bicyclic) bond motifs is 1. The van der Waals surface area contributed by atoms with E-state index in [9.17, 15) is 9.59 Å². The van der Waals surface area contributed by atoms with Crippen LogP contribution in [0.5, 0.6) is 5.75 Å². The Kier molecular flexibility index (Phi) is 13.2. The van der Waals surface area contributed by atoms with Gasteiger partial charge < -0.3 is 25.8 Å². The highest BCUT2D eigenvalue weighted by Gasteiger charge is 2.14. The number of unbranched alkanes of at least 4 members (excludes halogenated alkanes) is 1. The maximum absolute atomic E-state index is 10.2. The molecule has 0 atom stereocenters. The molecule has 0 saturated heterocycles. The van der Waals surface area contributed by atoms with Gasteiger partial charge >= 0.3 is 0 Å². The number of benzene rings is 1. The lowest BCUT2D eigenvalue weighted by atomic mass is 10.0. The monoisotopic (exact) mass is 410 g/mol. The molecule has 0 unspecified atom stereocenters. The molecule has 0 saturated carbocycles. The molecule has 7 heteroatoms. The van der Waals surface area contributed by atoms with E-state index in [0.717, 1.165) is 62.5 Å². The van der Waals surface area contributed by atoms with Gasteiger partial charge in [-0.15, -0.1) is 0 Å². The van der Waals surface area contributed by atoms with Crippen LogP contribution in [-0.2, 0) is 16.0 Å². The number of hydrogen-bond acceptors (Lipinski definition) is 6. The fourth-order valence-corrected chi connectivity index (χ4v) is 2.85. The zero-order valence-corrected chi connectivity index (χ0v) is 18.1. The van der Waals surface area contributed by atoms with E-state index in [0.29, 0.717) is 19.4 Å². The smallest absolute Gasteiger partial charge is 0.218 e. The standard InChI is InChI=1S/C15H19NO2.C5H11NOS.CH4O/c16-15-6-2-1-5-12-11-13(7-8-14(12)15)18-10-4-3-9-17;1-5(2,8)3-4(6)7;1-2/h7-9,11,16H,1-6,10H2;8H,3H2,1-2H3,(H2,6,7);2H,1H3. The lowest BCUT2D eigenvalue weighted by Gasteiger charge is -2.12. The Bertz CT molecular complexity index is 627. The largest absolute Gasteiger partial charge is 0.494 e. The SMILES string of the molecule is CC(C)(S)CC(N)=O.CO.N=C1CCCCc2cc(OCCCC=O)ccc21. The quantitative estimate of drug-likeness (QED) is 0.239. The van der Waals surface area contributed by atoms with Gasteiger partial charge in [-0.1, -0.05) is 13.8 Å². The van der Waals surface area contributed by atoms with Gasteiger partial charge in [-0.3, -0.25) is 4.79 Å². The number of thiol groups is 1. The lowest BCUT2D eigenvalue weighted by Crippen LogP contribution is -2.22. The van der Waals surface area contributed by atoms with Crippen molar-refractivity contribution in [3.05, 3.63) is 29.3 Å². The van der Waals surface area contributed by atoms with Gasteiger partial charge in [0.05, 0.1) is 6.61 Å². The molecule has 1 aromatic carbocycles. The molecule has 0 aromatic heterocycles. The zero-order chi connectivity index (χ0) is 21.6. The van der Waals surface area contributed by atoms with E-state index < -0.39 is 0 Å². The summed E-state index contributed by atoms with van der Waals surface area (Å²) in [5, 5.41) is 15.0.